The molecule has 22 heavy (non-hydrogen) atoms. The highest BCUT2D eigenvalue weighted by atomic mass is 35.5. The molecule has 0 aliphatic rings. The minimum Gasteiger partial charge on any atom is -0.353 e. The number of carbonyl (C=O) groups is 1. The van der Waals surface area contributed by atoms with Crippen LogP contribution in [0.2, 0.25) is 0 Å². The van der Waals surface area contributed by atoms with Crippen LogP contribution in [0.4, 0.5) is 0 Å². The standard InChI is InChI=1S/C16H27N3O.2ClH/c1-12(2)10-14(17)16(20)18-11-15(19(3)4)13-8-6-5-7-9-13;;/h5-9,12,14-15H,10-11,17H2,1-4H3,(H,18,20);2*1H/t14-,15?;;/m0../s1. The van der Waals surface area contributed by atoms with Crippen LogP contribution in [-0.2, 0) is 4.79 Å². The van der Waals surface area contributed by atoms with Crippen LogP contribution >= 0.6 is 24.8 Å². The Kier molecular flexibility index (Phi) is 12.5. The van der Waals surface area contributed by atoms with Crippen LogP contribution in [0.15, 0.2) is 30.3 Å². The lowest BCUT2D eigenvalue weighted by atomic mass is 10.0. The van der Waals surface area contributed by atoms with E-state index in [2.05, 4.69) is 36.2 Å². The molecule has 1 unspecified atom stereocenters. The number of nitrogens with zero attached hydrogens (tertiary/aromatic N) is 1. The minimum absolute atomic E-state index is 0. The van der Waals surface area contributed by atoms with Crippen molar-refractivity contribution in [1.29, 1.82) is 0 Å². The summed E-state index contributed by atoms with van der Waals surface area (Å²) in [4.78, 5) is 14.1. The smallest absolute Gasteiger partial charge is 0.236 e. The second-order valence-corrected chi connectivity index (χ2v) is 5.87. The third-order valence-electron chi connectivity index (χ3n) is 3.34. The van der Waals surface area contributed by atoms with Crippen LogP contribution in [0, 0.1) is 5.92 Å². The van der Waals surface area contributed by atoms with Crippen molar-refractivity contribution in [3.05, 3.63) is 35.9 Å². The first-order chi connectivity index (χ1) is 9.41. The Morgan fingerprint density at radius 1 is 1.18 bits per heavy atom. The molecule has 0 radical (unpaired) electrons. The van der Waals surface area contributed by atoms with Crippen LogP contribution in [0.25, 0.3) is 0 Å². The van der Waals surface area contributed by atoms with Crippen LogP contribution in [0.3, 0.4) is 0 Å². The zero-order valence-corrected chi connectivity index (χ0v) is 15.4. The van der Waals surface area contributed by atoms with Gasteiger partial charge in [-0.15, -0.1) is 24.8 Å². The predicted molar refractivity (Wildman–Crippen MR) is 97.8 cm³/mol. The van der Waals surface area contributed by atoms with E-state index in [9.17, 15) is 4.79 Å². The molecule has 0 heterocycles. The summed E-state index contributed by atoms with van der Waals surface area (Å²) in [5, 5.41) is 2.96. The van der Waals surface area contributed by atoms with Gasteiger partial charge in [0.25, 0.3) is 0 Å². The van der Waals surface area contributed by atoms with Gasteiger partial charge in [0.05, 0.1) is 12.1 Å². The summed E-state index contributed by atoms with van der Waals surface area (Å²) >= 11 is 0. The summed E-state index contributed by atoms with van der Waals surface area (Å²) in [6.07, 6.45) is 0.712. The maximum absolute atomic E-state index is 12.0. The molecule has 4 nitrogen and oxygen atoms in total. The zero-order chi connectivity index (χ0) is 15.1. The van der Waals surface area contributed by atoms with Crippen molar-refractivity contribution in [2.45, 2.75) is 32.4 Å². The van der Waals surface area contributed by atoms with Gasteiger partial charge in [-0.25, -0.2) is 0 Å². The molecule has 6 heteroatoms. The molecule has 0 saturated carbocycles. The third kappa shape index (κ3) is 7.99. The van der Waals surface area contributed by atoms with Gasteiger partial charge >= 0.3 is 0 Å². The van der Waals surface area contributed by atoms with Gasteiger partial charge in [-0.3, -0.25) is 4.79 Å². The second kappa shape index (κ2) is 11.7. The van der Waals surface area contributed by atoms with Gasteiger partial charge in [-0.1, -0.05) is 44.2 Å². The lowest BCUT2D eigenvalue weighted by Crippen LogP contribution is -2.44. The number of hydrogen-bond acceptors (Lipinski definition) is 3. The largest absolute Gasteiger partial charge is 0.353 e. The predicted octanol–water partition coefficient (Wildman–Crippen LogP) is 2.62. The van der Waals surface area contributed by atoms with E-state index in [-0.39, 0.29) is 36.8 Å². The number of carbonyl (C=O) groups excluding carboxylic acids is 1. The molecule has 2 atom stereocenters. The van der Waals surface area contributed by atoms with Crippen molar-refractivity contribution in [1.82, 2.24) is 10.2 Å². The molecule has 1 aromatic rings. The van der Waals surface area contributed by atoms with Gasteiger partial charge in [0, 0.05) is 6.54 Å². The fraction of sp³-hybridized carbons (Fsp3) is 0.562. The molecule has 3 N–H and O–H groups in total. The highest BCUT2D eigenvalue weighted by Crippen LogP contribution is 2.16. The Balaban J connectivity index is 0. The molecule has 0 aromatic heterocycles. The van der Waals surface area contributed by atoms with Crippen molar-refractivity contribution in [3.63, 3.8) is 0 Å². The molecule has 0 aliphatic carbocycles. The lowest BCUT2D eigenvalue weighted by molar-refractivity contribution is -0.122. The van der Waals surface area contributed by atoms with Gasteiger partial charge in [0.15, 0.2) is 0 Å². The lowest BCUT2D eigenvalue weighted by Gasteiger charge is -2.26. The second-order valence-electron chi connectivity index (χ2n) is 5.87. The van der Waals surface area contributed by atoms with E-state index in [0.717, 1.165) is 0 Å². The Morgan fingerprint density at radius 3 is 2.18 bits per heavy atom. The molecule has 1 aromatic carbocycles. The summed E-state index contributed by atoms with van der Waals surface area (Å²) in [6, 6.07) is 9.90. The van der Waals surface area contributed by atoms with Crippen LogP contribution in [0.1, 0.15) is 31.9 Å². The first-order valence-corrected chi connectivity index (χ1v) is 7.16. The monoisotopic (exact) mass is 349 g/mol. The Morgan fingerprint density at radius 2 is 1.73 bits per heavy atom. The van der Waals surface area contributed by atoms with Gasteiger partial charge in [0.2, 0.25) is 5.91 Å². The summed E-state index contributed by atoms with van der Waals surface area (Å²) in [5.41, 5.74) is 7.08. The molecule has 0 fully saturated rings. The molecule has 0 saturated heterocycles. The van der Waals surface area contributed by atoms with Gasteiger partial charge in [-0.2, -0.15) is 0 Å². The average Bonchev–Trinajstić information content (AvgIpc) is 2.38. The normalized spacial score (nSPS) is 13.0. The Hall–Kier alpha value is -0.810. The van der Waals surface area contributed by atoms with E-state index in [1.165, 1.54) is 5.56 Å². The molecule has 1 amide bonds. The van der Waals surface area contributed by atoms with E-state index in [4.69, 9.17) is 5.73 Å². The summed E-state index contributed by atoms with van der Waals surface area (Å²) < 4.78 is 0. The molecular formula is C16H29Cl2N3O. The van der Waals surface area contributed by atoms with Gasteiger partial charge < -0.3 is 16.0 Å². The van der Waals surface area contributed by atoms with Crippen LogP contribution < -0.4 is 11.1 Å². The van der Waals surface area contributed by atoms with Crippen LogP contribution in [0.5, 0.6) is 0 Å². The number of likely N-dealkylation sites (N-methyl/N-ethyl adjacent to an activating group) is 1. The number of benzene rings is 1. The van der Waals surface area contributed by atoms with Gasteiger partial charge in [0.1, 0.15) is 0 Å². The molecule has 128 valence electrons. The topological polar surface area (TPSA) is 58.4 Å². The van der Waals surface area contributed by atoms with Gasteiger partial charge in [-0.05, 0) is 32.0 Å². The first-order valence-electron chi connectivity index (χ1n) is 7.16. The molecule has 0 spiro atoms. The van der Waals surface area contributed by atoms with E-state index >= 15 is 0 Å². The highest BCUT2D eigenvalue weighted by Gasteiger charge is 2.18. The number of rotatable bonds is 7. The first kappa shape index (κ1) is 23.5. The number of halogens is 2. The maximum Gasteiger partial charge on any atom is 0.236 e. The molecule has 1 rings (SSSR count). The fourth-order valence-electron chi connectivity index (χ4n) is 2.22. The molecule has 0 bridgehead atoms. The summed E-state index contributed by atoms with van der Waals surface area (Å²) in [7, 11) is 4.02. The Labute approximate surface area is 146 Å². The quantitative estimate of drug-likeness (QED) is 0.795. The summed E-state index contributed by atoms with van der Waals surface area (Å²) in [5.74, 6) is 0.357. The van der Waals surface area contributed by atoms with E-state index in [1.807, 2.05) is 32.3 Å². The maximum atomic E-state index is 12.0. The van der Waals surface area contributed by atoms with E-state index < -0.39 is 6.04 Å². The zero-order valence-electron chi connectivity index (χ0n) is 13.8. The van der Waals surface area contributed by atoms with Crippen molar-refractivity contribution in [2.24, 2.45) is 11.7 Å². The molecule has 0 aliphatic heterocycles. The highest BCUT2D eigenvalue weighted by molar-refractivity contribution is 5.85. The average molecular weight is 350 g/mol. The van der Waals surface area contributed by atoms with Crippen molar-refractivity contribution in [2.75, 3.05) is 20.6 Å². The van der Waals surface area contributed by atoms with Crippen molar-refractivity contribution in [3.8, 4) is 0 Å². The fourth-order valence-corrected chi connectivity index (χ4v) is 2.22. The van der Waals surface area contributed by atoms with Crippen LogP contribution in [-0.4, -0.2) is 37.5 Å². The number of nitrogens with two attached hydrogens (primary N) is 1. The van der Waals surface area contributed by atoms with E-state index in [0.29, 0.717) is 18.9 Å². The number of hydrogen-bond donors (Lipinski definition) is 2. The van der Waals surface area contributed by atoms with E-state index in [1.54, 1.807) is 0 Å². The Bertz CT molecular complexity index is 413. The third-order valence-corrected chi connectivity index (χ3v) is 3.34. The molecular weight excluding hydrogens is 321 g/mol. The number of amides is 1. The SMILES string of the molecule is CC(C)C[C@H](N)C(=O)NCC(c1ccccc1)N(C)C.Cl.Cl. The van der Waals surface area contributed by atoms with Crippen molar-refractivity contribution >= 4 is 30.7 Å². The number of nitrogens with one attached hydrogen (secondary N) is 1. The minimum atomic E-state index is -0.423. The summed E-state index contributed by atoms with van der Waals surface area (Å²) in [6.45, 7) is 4.71. The van der Waals surface area contributed by atoms with Crippen molar-refractivity contribution < 1.29 is 4.79 Å².